The molecule has 0 bridgehead atoms. The Morgan fingerprint density at radius 2 is 1.81 bits per heavy atom. The van der Waals surface area contributed by atoms with Gasteiger partial charge >= 0.3 is 0 Å². The predicted molar refractivity (Wildman–Crippen MR) is 171 cm³/mol. The van der Waals surface area contributed by atoms with Gasteiger partial charge in [0.2, 0.25) is 20.8 Å². The Morgan fingerprint density at radius 1 is 1.07 bits per heavy atom. The van der Waals surface area contributed by atoms with Crippen molar-refractivity contribution in [2.75, 3.05) is 30.8 Å². The molecule has 0 aliphatic heterocycles. The van der Waals surface area contributed by atoms with Crippen molar-refractivity contribution in [3.05, 3.63) is 40.7 Å². The van der Waals surface area contributed by atoms with Crippen LogP contribution in [-0.2, 0) is 16.9 Å². The Morgan fingerprint density at radius 3 is 2.49 bits per heavy atom. The van der Waals surface area contributed by atoms with E-state index in [0.717, 1.165) is 63.1 Å². The van der Waals surface area contributed by atoms with Gasteiger partial charge in [0.05, 0.1) is 28.9 Å². The van der Waals surface area contributed by atoms with E-state index in [-0.39, 0.29) is 22.0 Å². The maximum absolute atomic E-state index is 12.9. The van der Waals surface area contributed by atoms with E-state index in [1.54, 1.807) is 27.1 Å². The molecule has 2 aliphatic rings. The lowest BCUT2D eigenvalue weighted by atomic mass is 9.80. The molecule has 5 rings (SSSR count). The van der Waals surface area contributed by atoms with Gasteiger partial charge in [0.1, 0.15) is 10.8 Å². The van der Waals surface area contributed by atoms with Crippen molar-refractivity contribution in [1.29, 1.82) is 0 Å². The smallest absolute Gasteiger partial charge is 0.229 e. The summed E-state index contributed by atoms with van der Waals surface area (Å²) in [6.45, 7) is 7.37. The van der Waals surface area contributed by atoms with Gasteiger partial charge in [0.15, 0.2) is 5.82 Å². The SMILES string of the molecule is CNCCN[C@H]1CC[C@@H](c2cc(OC3CC3)c(Nc3ncc(Cl)c(Nc4cn(C)nc4S(=O)(=O)C(C)C)n3)cc2C)CC1. The van der Waals surface area contributed by atoms with Gasteiger partial charge in [-0.1, -0.05) is 11.6 Å². The molecule has 2 aromatic heterocycles. The van der Waals surface area contributed by atoms with Crippen LogP contribution in [0.3, 0.4) is 0 Å². The first-order chi connectivity index (χ1) is 20.5. The zero-order valence-corrected chi connectivity index (χ0v) is 27.1. The standard InChI is InChI=1S/C30H43ClN8O3S/c1-18(2)43(40,41)29-26(17-39(5)38-29)35-28-24(31)16-34-30(37-28)36-25-14-19(3)23(15-27(25)42-22-10-11-22)20-6-8-21(9-7-20)33-13-12-32-4/h14-18,20-22,32-33H,6-13H2,1-5H3,(H2,34,35,36,37)/t20-,21+. The summed E-state index contributed by atoms with van der Waals surface area (Å²) >= 11 is 6.45. The van der Waals surface area contributed by atoms with Crippen molar-refractivity contribution in [3.8, 4) is 5.75 Å². The highest BCUT2D eigenvalue weighted by Crippen LogP contribution is 2.41. The van der Waals surface area contributed by atoms with Crippen molar-refractivity contribution >= 4 is 44.6 Å². The van der Waals surface area contributed by atoms with Crippen LogP contribution in [0, 0.1) is 6.92 Å². The van der Waals surface area contributed by atoms with E-state index in [2.05, 4.69) is 55.4 Å². The van der Waals surface area contributed by atoms with Crippen molar-refractivity contribution in [1.82, 2.24) is 30.4 Å². The van der Waals surface area contributed by atoms with E-state index in [0.29, 0.717) is 23.6 Å². The quantitative estimate of drug-likeness (QED) is 0.186. The maximum Gasteiger partial charge on any atom is 0.229 e. The molecular weight excluding hydrogens is 588 g/mol. The zero-order chi connectivity index (χ0) is 30.7. The van der Waals surface area contributed by atoms with Crippen LogP contribution in [-0.4, -0.2) is 65.7 Å². The molecule has 0 atom stereocenters. The lowest BCUT2D eigenvalue weighted by molar-refractivity contribution is 0.303. The number of likely N-dealkylation sites (N-methyl/N-ethyl adjacent to an activating group) is 1. The number of anilines is 4. The van der Waals surface area contributed by atoms with E-state index in [1.807, 2.05) is 7.05 Å². The molecule has 1 aromatic carbocycles. The van der Waals surface area contributed by atoms with E-state index in [9.17, 15) is 8.42 Å². The van der Waals surface area contributed by atoms with Gasteiger partial charge in [0, 0.05) is 32.4 Å². The van der Waals surface area contributed by atoms with Crippen LogP contribution in [0.4, 0.5) is 23.1 Å². The Hall–Kier alpha value is -2.93. The Kier molecular flexibility index (Phi) is 9.79. The number of hydrogen-bond donors (Lipinski definition) is 4. The molecule has 0 unspecified atom stereocenters. The highest BCUT2D eigenvalue weighted by molar-refractivity contribution is 7.92. The third kappa shape index (κ3) is 7.60. The predicted octanol–water partition coefficient (Wildman–Crippen LogP) is 5.22. The Bertz CT molecular complexity index is 1530. The summed E-state index contributed by atoms with van der Waals surface area (Å²) in [5.41, 5.74) is 3.62. The van der Waals surface area contributed by atoms with Crippen LogP contribution in [0.25, 0.3) is 0 Å². The normalized spacial score (nSPS) is 19.0. The van der Waals surface area contributed by atoms with Crippen molar-refractivity contribution in [2.24, 2.45) is 7.05 Å². The highest BCUT2D eigenvalue weighted by atomic mass is 35.5. The minimum Gasteiger partial charge on any atom is -0.488 e. The van der Waals surface area contributed by atoms with Gasteiger partial charge in [-0.05, 0) is 95.5 Å². The van der Waals surface area contributed by atoms with E-state index in [4.69, 9.17) is 16.3 Å². The second-order valence-electron chi connectivity index (χ2n) is 11.9. The highest BCUT2D eigenvalue weighted by Gasteiger charge is 2.29. The molecule has 0 radical (unpaired) electrons. The lowest BCUT2D eigenvalue weighted by Gasteiger charge is -2.31. The summed E-state index contributed by atoms with van der Waals surface area (Å²) in [5, 5.41) is 17.0. The molecule has 13 heteroatoms. The van der Waals surface area contributed by atoms with Gasteiger partial charge in [0.25, 0.3) is 0 Å². The third-order valence-corrected chi connectivity index (χ3v) is 10.4. The molecule has 2 heterocycles. The Labute approximate surface area is 259 Å². The molecule has 43 heavy (non-hydrogen) atoms. The van der Waals surface area contributed by atoms with Gasteiger partial charge in [-0.3, -0.25) is 4.68 Å². The molecular formula is C30H43ClN8O3S. The fourth-order valence-corrected chi connectivity index (χ4v) is 6.70. The van der Waals surface area contributed by atoms with Crippen LogP contribution in [0.5, 0.6) is 5.75 Å². The molecule has 2 aliphatic carbocycles. The fraction of sp³-hybridized carbons (Fsp3) is 0.567. The lowest BCUT2D eigenvalue weighted by Crippen LogP contribution is -2.36. The first-order valence-electron chi connectivity index (χ1n) is 15.1. The fourth-order valence-electron chi connectivity index (χ4n) is 5.46. The average molecular weight is 631 g/mol. The molecule has 234 valence electrons. The van der Waals surface area contributed by atoms with Crippen molar-refractivity contribution < 1.29 is 13.2 Å². The first kappa shape index (κ1) is 31.5. The van der Waals surface area contributed by atoms with Gasteiger partial charge in [-0.2, -0.15) is 10.1 Å². The van der Waals surface area contributed by atoms with Crippen LogP contribution in [0.2, 0.25) is 5.02 Å². The van der Waals surface area contributed by atoms with Gasteiger partial charge < -0.3 is 26.0 Å². The number of rotatable bonds is 13. The maximum atomic E-state index is 12.9. The molecule has 0 saturated heterocycles. The monoisotopic (exact) mass is 630 g/mol. The van der Waals surface area contributed by atoms with E-state index < -0.39 is 15.1 Å². The first-order valence-corrected chi connectivity index (χ1v) is 17.0. The van der Waals surface area contributed by atoms with Crippen LogP contribution in [0.15, 0.2) is 29.6 Å². The molecule has 11 nitrogen and oxygen atoms in total. The summed E-state index contributed by atoms with van der Waals surface area (Å²) in [4.78, 5) is 8.99. The third-order valence-electron chi connectivity index (χ3n) is 8.09. The second-order valence-corrected chi connectivity index (χ2v) is 14.7. The number of hydrogen-bond acceptors (Lipinski definition) is 10. The van der Waals surface area contributed by atoms with Crippen LogP contribution < -0.4 is 26.0 Å². The number of nitrogens with one attached hydrogen (secondary N) is 4. The number of aryl methyl sites for hydroxylation is 2. The topological polar surface area (TPSA) is 135 Å². The largest absolute Gasteiger partial charge is 0.488 e. The molecule has 3 aromatic rings. The number of benzene rings is 1. The number of ether oxygens (including phenoxy) is 1. The number of halogens is 1. The van der Waals surface area contributed by atoms with E-state index >= 15 is 0 Å². The second kappa shape index (κ2) is 13.4. The van der Waals surface area contributed by atoms with Crippen LogP contribution in [0.1, 0.15) is 69.4 Å². The molecule has 2 saturated carbocycles. The minimum absolute atomic E-state index is 0.0525. The molecule has 4 N–H and O–H groups in total. The molecule has 0 spiro atoms. The summed E-state index contributed by atoms with van der Waals surface area (Å²) in [5.74, 6) is 1.87. The Balaban J connectivity index is 1.36. The van der Waals surface area contributed by atoms with Gasteiger partial charge in [-0.15, -0.1) is 0 Å². The number of nitrogens with zero attached hydrogens (tertiary/aromatic N) is 4. The average Bonchev–Trinajstić information content (AvgIpc) is 3.71. The van der Waals surface area contributed by atoms with E-state index in [1.165, 1.54) is 22.0 Å². The van der Waals surface area contributed by atoms with Gasteiger partial charge in [-0.25, -0.2) is 13.4 Å². The molecule has 2 fully saturated rings. The number of sulfone groups is 1. The minimum atomic E-state index is -3.64. The number of aromatic nitrogens is 4. The summed E-state index contributed by atoms with van der Waals surface area (Å²) in [6, 6.07) is 4.89. The summed E-state index contributed by atoms with van der Waals surface area (Å²) in [7, 11) is 0.0138. The summed E-state index contributed by atoms with van der Waals surface area (Å²) in [6.07, 6.45) is 10.0. The summed E-state index contributed by atoms with van der Waals surface area (Å²) < 4.78 is 33.6. The van der Waals surface area contributed by atoms with Crippen molar-refractivity contribution in [3.63, 3.8) is 0 Å². The van der Waals surface area contributed by atoms with Crippen LogP contribution >= 0.6 is 11.6 Å². The molecule has 0 amide bonds. The van der Waals surface area contributed by atoms with Crippen molar-refractivity contribution in [2.45, 2.75) is 87.6 Å². The zero-order valence-electron chi connectivity index (χ0n) is 25.6.